The number of benzene rings is 1. The standard InChI is InChI=1S/C15H13ClN2S/c16-13(11-4-2-1-3-5-11)10-18-15-12-7-9-19-14(12)6-8-17-15/h1-9,13H,10H2,(H,17,18). The fraction of sp³-hybridized carbons (Fsp3) is 0.133. The fourth-order valence-corrected chi connectivity index (χ4v) is 3.01. The van der Waals surface area contributed by atoms with Gasteiger partial charge in [-0.1, -0.05) is 30.3 Å². The van der Waals surface area contributed by atoms with Crippen LogP contribution in [0.2, 0.25) is 0 Å². The number of thiophene rings is 1. The maximum absolute atomic E-state index is 6.39. The lowest BCUT2D eigenvalue weighted by molar-refractivity contribution is 0.970. The zero-order valence-corrected chi connectivity index (χ0v) is 11.8. The van der Waals surface area contributed by atoms with Crippen molar-refractivity contribution in [1.82, 2.24) is 4.98 Å². The normalized spacial score (nSPS) is 12.5. The van der Waals surface area contributed by atoms with Gasteiger partial charge in [0.25, 0.3) is 0 Å². The van der Waals surface area contributed by atoms with Gasteiger partial charge in [-0.05, 0) is 23.1 Å². The van der Waals surface area contributed by atoms with Gasteiger partial charge in [0, 0.05) is 22.8 Å². The number of anilines is 1. The van der Waals surface area contributed by atoms with Gasteiger partial charge >= 0.3 is 0 Å². The molecule has 3 rings (SSSR count). The molecule has 3 aromatic rings. The molecule has 1 atom stereocenters. The van der Waals surface area contributed by atoms with E-state index in [9.17, 15) is 0 Å². The second-order valence-electron chi connectivity index (χ2n) is 4.25. The number of aromatic nitrogens is 1. The molecule has 1 N–H and O–H groups in total. The van der Waals surface area contributed by atoms with E-state index in [0.29, 0.717) is 6.54 Å². The number of halogens is 1. The summed E-state index contributed by atoms with van der Waals surface area (Å²) in [5.41, 5.74) is 1.12. The fourth-order valence-electron chi connectivity index (χ4n) is 2.00. The Morgan fingerprint density at radius 2 is 2.00 bits per heavy atom. The van der Waals surface area contributed by atoms with Crippen LogP contribution in [0.15, 0.2) is 54.0 Å². The van der Waals surface area contributed by atoms with Crippen LogP contribution in [-0.4, -0.2) is 11.5 Å². The minimum Gasteiger partial charge on any atom is -0.368 e. The molecule has 0 aliphatic heterocycles. The van der Waals surface area contributed by atoms with E-state index >= 15 is 0 Å². The quantitative estimate of drug-likeness (QED) is 0.705. The summed E-state index contributed by atoms with van der Waals surface area (Å²) < 4.78 is 1.24. The molecule has 0 saturated carbocycles. The monoisotopic (exact) mass is 288 g/mol. The average Bonchev–Trinajstić information content (AvgIpc) is 2.94. The van der Waals surface area contributed by atoms with E-state index in [-0.39, 0.29) is 5.38 Å². The molecular formula is C15H13ClN2S. The third kappa shape index (κ3) is 2.72. The maximum atomic E-state index is 6.39. The summed E-state index contributed by atoms with van der Waals surface area (Å²) in [4.78, 5) is 4.38. The number of fused-ring (bicyclic) bond motifs is 1. The summed E-state index contributed by atoms with van der Waals surface area (Å²) >= 11 is 8.11. The van der Waals surface area contributed by atoms with Gasteiger partial charge in [-0.15, -0.1) is 22.9 Å². The Balaban J connectivity index is 1.74. The van der Waals surface area contributed by atoms with Crippen molar-refractivity contribution in [2.24, 2.45) is 0 Å². The molecule has 19 heavy (non-hydrogen) atoms. The molecule has 0 saturated heterocycles. The van der Waals surface area contributed by atoms with Crippen LogP contribution in [0, 0.1) is 0 Å². The molecule has 0 aliphatic rings. The predicted molar refractivity (Wildman–Crippen MR) is 83.1 cm³/mol. The molecule has 2 heterocycles. The van der Waals surface area contributed by atoms with Gasteiger partial charge in [-0.2, -0.15) is 0 Å². The van der Waals surface area contributed by atoms with Crippen molar-refractivity contribution in [3.8, 4) is 0 Å². The van der Waals surface area contributed by atoms with Crippen LogP contribution in [0.3, 0.4) is 0 Å². The third-order valence-corrected chi connectivity index (χ3v) is 4.28. The second-order valence-corrected chi connectivity index (χ2v) is 5.73. The Morgan fingerprint density at radius 3 is 2.84 bits per heavy atom. The Hall–Kier alpha value is -1.58. The van der Waals surface area contributed by atoms with E-state index in [4.69, 9.17) is 11.6 Å². The van der Waals surface area contributed by atoms with Crippen LogP contribution < -0.4 is 5.32 Å². The van der Waals surface area contributed by atoms with E-state index in [2.05, 4.69) is 21.7 Å². The lowest BCUT2D eigenvalue weighted by Gasteiger charge is -2.12. The van der Waals surface area contributed by atoms with Gasteiger partial charge < -0.3 is 5.32 Å². The zero-order chi connectivity index (χ0) is 13.1. The van der Waals surface area contributed by atoms with Gasteiger partial charge in [-0.25, -0.2) is 4.98 Å². The molecule has 1 unspecified atom stereocenters. The highest BCUT2D eigenvalue weighted by Gasteiger charge is 2.09. The molecule has 2 nitrogen and oxygen atoms in total. The smallest absolute Gasteiger partial charge is 0.134 e. The minimum atomic E-state index is -0.0584. The van der Waals surface area contributed by atoms with Crippen LogP contribution in [0.25, 0.3) is 10.1 Å². The first-order chi connectivity index (χ1) is 9.34. The number of rotatable bonds is 4. The van der Waals surface area contributed by atoms with Crippen molar-refractivity contribution in [3.63, 3.8) is 0 Å². The lowest BCUT2D eigenvalue weighted by Crippen LogP contribution is -2.09. The summed E-state index contributed by atoms with van der Waals surface area (Å²) in [6.07, 6.45) is 1.83. The Bertz CT molecular complexity index is 666. The molecule has 0 radical (unpaired) electrons. The van der Waals surface area contributed by atoms with E-state index in [1.807, 2.05) is 42.6 Å². The predicted octanol–water partition coefficient (Wildman–Crippen LogP) is 4.69. The lowest BCUT2D eigenvalue weighted by atomic mass is 10.1. The molecule has 0 bridgehead atoms. The first kappa shape index (κ1) is 12.5. The highest BCUT2D eigenvalue weighted by Crippen LogP contribution is 2.27. The highest BCUT2D eigenvalue weighted by atomic mass is 35.5. The summed E-state index contributed by atoms with van der Waals surface area (Å²) in [6, 6.07) is 14.2. The van der Waals surface area contributed by atoms with Crippen molar-refractivity contribution in [2.45, 2.75) is 5.38 Å². The van der Waals surface area contributed by atoms with Crippen molar-refractivity contribution >= 4 is 38.8 Å². The molecular weight excluding hydrogens is 276 g/mol. The van der Waals surface area contributed by atoms with E-state index in [0.717, 1.165) is 16.8 Å². The molecule has 1 aromatic carbocycles. The first-order valence-electron chi connectivity index (χ1n) is 6.10. The van der Waals surface area contributed by atoms with Crippen LogP contribution in [0.4, 0.5) is 5.82 Å². The summed E-state index contributed by atoms with van der Waals surface area (Å²) in [5.74, 6) is 0.903. The van der Waals surface area contributed by atoms with E-state index < -0.39 is 0 Å². The van der Waals surface area contributed by atoms with Gasteiger partial charge in [0.1, 0.15) is 5.82 Å². The average molecular weight is 289 g/mol. The molecule has 0 aliphatic carbocycles. The summed E-state index contributed by atoms with van der Waals surface area (Å²) in [5, 5.41) is 6.51. The van der Waals surface area contributed by atoms with Crippen LogP contribution in [0.1, 0.15) is 10.9 Å². The number of nitrogens with one attached hydrogen (secondary N) is 1. The Labute approximate surface area is 121 Å². The van der Waals surface area contributed by atoms with Gasteiger partial charge in [-0.3, -0.25) is 0 Å². The minimum absolute atomic E-state index is 0.0584. The first-order valence-corrected chi connectivity index (χ1v) is 7.41. The van der Waals surface area contributed by atoms with Crippen molar-refractivity contribution in [2.75, 3.05) is 11.9 Å². The molecule has 2 aromatic heterocycles. The van der Waals surface area contributed by atoms with Crippen LogP contribution in [-0.2, 0) is 0 Å². The zero-order valence-electron chi connectivity index (χ0n) is 10.2. The molecule has 0 amide bonds. The Morgan fingerprint density at radius 1 is 1.16 bits per heavy atom. The number of pyridine rings is 1. The van der Waals surface area contributed by atoms with Crippen LogP contribution in [0.5, 0.6) is 0 Å². The van der Waals surface area contributed by atoms with E-state index in [1.54, 1.807) is 11.3 Å². The molecule has 0 spiro atoms. The largest absolute Gasteiger partial charge is 0.368 e. The van der Waals surface area contributed by atoms with Gasteiger partial charge in [0.05, 0.1) is 5.38 Å². The van der Waals surface area contributed by atoms with E-state index in [1.165, 1.54) is 4.70 Å². The number of hydrogen-bond acceptors (Lipinski definition) is 3. The maximum Gasteiger partial charge on any atom is 0.134 e. The molecule has 96 valence electrons. The Kier molecular flexibility index (Phi) is 3.67. The number of nitrogens with zero attached hydrogens (tertiary/aromatic N) is 1. The van der Waals surface area contributed by atoms with Crippen molar-refractivity contribution < 1.29 is 0 Å². The van der Waals surface area contributed by atoms with Gasteiger partial charge in [0.15, 0.2) is 0 Å². The second kappa shape index (κ2) is 5.59. The molecule has 0 fully saturated rings. The summed E-state index contributed by atoms with van der Waals surface area (Å²) in [6.45, 7) is 0.660. The SMILES string of the molecule is ClC(CNc1nccc2sccc12)c1ccccc1. The number of hydrogen-bond donors (Lipinski definition) is 1. The number of alkyl halides is 1. The highest BCUT2D eigenvalue weighted by molar-refractivity contribution is 7.17. The molecule has 4 heteroatoms. The van der Waals surface area contributed by atoms with Crippen molar-refractivity contribution in [3.05, 3.63) is 59.6 Å². The van der Waals surface area contributed by atoms with Crippen LogP contribution >= 0.6 is 22.9 Å². The van der Waals surface area contributed by atoms with Crippen molar-refractivity contribution in [1.29, 1.82) is 0 Å². The van der Waals surface area contributed by atoms with Gasteiger partial charge in [0.2, 0.25) is 0 Å². The summed E-state index contributed by atoms with van der Waals surface area (Å²) in [7, 11) is 0. The third-order valence-electron chi connectivity index (χ3n) is 2.99. The topological polar surface area (TPSA) is 24.9 Å².